The lowest BCUT2D eigenvalue weighted by Crippen LogP contribution is -2.67. The molecule has 2 bridgehead atoms. The van der Waals surface area contributed by atoms with Crippen molar-refractivity contribution in [2.75, 3.05) is 11.4 Å². The standard InChI is InChI=1S/C31H32N4O4/c36-29(37)28-27-19-18-26(35(27)30(38)32(23-16-17-23)20-22-10-4-1-5-11-22)21-33(28)31(39)34(24-12-6-2-7-13-24)25-14-8-3-9-15-25/h1-15,23,26-28H,16-21H2,(H,36,37)/t26-,27+,28-/m0/s1. The van der Waals surface area contributed by atoms with Gasteiger partial charge in [0.25, 0.3) is 0 Å². The van der Waals surface area contributed by atoms with E-state index in [1.54, 1.807) is 9.80 Å². The van der Waals surface area contributed by atoms with E-state index in [2.05, 4.69) is 0 Å². The number of aliphatic carboxylic acids is 1. The van der Waals surface area contributed by atoms with Gasteiger partial charge >= 0.3 is 18.0 Å². The fourth-order valence-electron chi connectivity index (χ4n) is 6.06. The van der Waals surface area contributed by atoms with Crippen LogP contribution in [0.3, 0.4) is 0 Å². The van der Waals surface area contributed by atoms with Gasteiger partial charge in [0, 0.05) is 19.1 Å². The molecule has 6 rings (SSSR count). The molecule has 2 aliphatic heterocycles. The number of nitrogens with zero attached hydrogens (tertiary/aromatic N) is 4. The van der Waals surface area contributed by atoms with Gasteiger partial charge in [0.05, 0.1) is 23.5 Å². The summed E-state index contributed by atoms with van der Waals surface area (Å²) in [6.45, 7) is 0.675. The maximum Gasteiger partial charge on any atom is 0.329 e. The lowest BCUT2D eigenvalue weighted by Gasteiger charge is -2.47. The zero-order chi connectivity index (χ0) is 26.9. The zero-order valence-corrected chi connectivity index (χ0v) is 21.7. The van der Waals surface area contributed by atoms with Crippen LogP contribution in [0.5, 0.6) is 0 Å². The first-order valence-corrected chi connectivity index (χ1v) is 13.6. The number of fused-ring (bicyclic) bond motifs is 2. The summed E-state index contributed by atoms with van der Waals surface area (Å²) in [6, 6.07) is 26.1. The van der Waals surface area contributed by atoms with Crippen molar-refractivity contribution in [3.63, 3.8) is 0 Å². The number of urea groups is 2. The van der Waals surface area contributed by atoms with E-state index in [0.29, 0.717) is 30.8 Å². The van der Waals surface area contributed by atoms with Crippen molar-refractivity contribution in [2.24, 2.45) is 0 Å². The largest absolute Gasteiger partial charge is 0.480 e. The van der Waals surface area contributed by atoms with Crippen LogP contribution in [0.2, 0.25) is 0 Å². The normalized spacial score (nSPS) is 21.9. The van der Waals surface area contributed by atoms with Crippen LogP contribution in [-0.4, -0.2) is 68.5 Å². The van der Waals surface area contributed by atoms with E-state index in [9.17, 15) is 19.5 Å². The maximum atomic E-state index is 14.2. The van der Waals surface area contributed by atoms with Gasteiger partial charge in [0.15, 0.2) is 6.04 Å². The van der Waals surface area contributed by atoms with Gasteiger partial charge in [-0.2, -0.15) is 0 Å². The lowest BCUT2D eigenvalue weighted by molar-refractivity contribution is -0.145. The molecule has 0 aromatic heterocycles. The quantitative estimate of drug-likeness (QED) is 0.472. The van der Waals surface area contributed by atoms with Crippen LogP contribution in [0.25, 0.3) is 0 Å². The zero-order valence-electron chi connectivity index (χ0n) is 21.7. The molecular formula is C31H32N4O4. The number of carboxylic acids is 1. The first kappa shape index (κ1) is 25.0. The van der Waals surface area contributed by atoms with Crippen molar-refractivity contribution in [2.45, 2.75) is 56.4 Å². The van der Waals surface area contributed by atoms with Gasteiger partial charge in [-0.25, -0.2) is 14.4 Å². The summed E-state index contributed by atoms with van der Waals surface area (Å²) in [6.07, 6.45) is 3.14. The van der Waals surface area contributed by atoms with E-state index in [0.717, 1.165) is 18.4 Å². The fraction of sp³-hybridized carbons (Fsp3) is 0.323. The highest BCUT2D eigenvalue weighted by Gasteiger charge is 2.55. The van der Waals surface area contributed by atoms with Gasteiger partial charge in [-0.3, -0.25) is 4.90 Å². The summed E-state index contributed by atoms with van der Waals surface area (Å²) in [5.74, 6) is -1.09. The second kappa shape index (κ2) is 10.4. The molecule has 1 N–H and O–H groups in total. The van der Waals surface area contributed by atoms with E-state index in [1.807, 2.05) is 95.9 Å². The Kier molecular flexibility index (Phi) is 6.69. The number of likely N-dealkylation sites (tertiary alicyclic amines) is 1. The van der Waals surface area contributed by atoms with Crippen LogP contribution < -0.4 is 4.90 Å². The van der Waals surface area contributed by atoms with Crippen LogP contribution >= 0.6 is 0 Å². The molecule has 39 heavy (non-hydrogen) atoms. The molecule has 0 radical (unpaired) electrons. The number of carboxylic acid groups (broad SMARTS) is 1. The molecule has 2 saturated heterocycles. The number of hydrogen-bond donors (Lipinski definition) is 1. The molecular weight excluding hydrogens is 492 g/mol. The van der Waals surface area contributed by atoms with Gasteiger partial charge in [-0.15, -0.1) is 0 Å². The van der Waals surface area contributed by atoms with Gasteiger partial charge in [-0.05, 0) is 55.5 Å². The molecule has 0 unspecified atom stereocenters. The van der Waals surface area contributed by atoms with E-state index in [1.165, 1.54) is 4.90 Å². The second-order valence-corrected chi connectivity index (χ2v) is 10.6. The highest BCUT2D eigenvalue weighted by atomic mass is 16.4. The molecule has 3 atom stereocenters. The number of piperazine rings is 1. The smallest absolute Gasteiger partial charge is 0.329 e. The number of para-hydroxylation sites is 2. The van der Waals surface area contributed by atoms with Crippen LogP contribution in [0.4, 0.5) is 21.0 Å². The number of benzene rings is 3. The minimum Gasteiger partial charge on any atom is -0.480 e. The summed E-state index contributed by atoms with van der Waals surface area (Å²) in [4.78, 5) is 47.7. The highest BCUT2D eigenvalue weighted by molar-refractivity contribution is 6.01. The van der Waals surface area contributed by atoms with Gasteiger partial charge in [-0.1, -0.05) is 66.7 Å². The Hall–Kier alpha value is -4.33. The highest BCUT2D eigenvalue weighted by Crippen LogP contribution is 2.39. The van der Waals surface area contributed by atoms with Crippen molar-refractivity contribution < 1.29 is 19.5 Å². The minimum atomic E-state index is -1.13. The molecule has 1 saturated carbocycles. The molecule has 2 heterocycles. The van der Waals surface area contributed by atoms with Crippen LogP contribution in [0.1, 0.15) is 31.2 Å². The monoisotopic (exact) mass is 524 g/mol. The SMILES string of the molecule is O=C(O)[C@@H]1[C@H]2CC[C@@H](CN1C(=O)N(c1ccccc1)c1ccccc1)N2C(=O)N(Cc1ccccc1)C1CC1. The average Bonchev–Trinajstić information content (AvgIpc) is 3.76. The van der Waals surface area contributed by atoms with Crippen molar-refractivity contribution in [3.05, 3.63) is 96.6 Å². The van der Waals surface area contributed by atoms with E-state index < -0.39 is 24.1 Å². The third-order valence-electron chi connectivity index (χ3n) is 8.02. The molecule has 3 fully saturated rings. The van der Waals surface area contributed by atoms with Crippen molar-refractivity contribution >= 4 is 29.4 Å². The first-order chi connectivity index (χ1) is 19.0. The number of rotatable bonds is 6. The number of carbonyl (C=O) groups excluding carboxylic acids is 2. The Morgan fingerprint density at radius 1 is 0.744 bits per heavy atom. The van der Waals surface area contributed by atoms with Gasteiger partial charge in [0.1, 0.15) is 0 Å². The van der Waals surface area contributed by atoms with E-state index >= 15 is 0 Å². The summed E-state index contributed by atoms with van der Waals surface area (Å²) < 4.78 is 0. The molecule has 4 amide bonds. The Labute approximate surface area is 228 Å². The average molecular weight is 525 g/mol. The Bertz CT molecular complexity index is 1290. The third-order valence-corrected chi connectivity index (χ3v) is 8.02. The minimum absolute atomic E-state index is 0.116. The number of anilines is 2. The van der Waals surface area contributed by atoms with Gasteiger partial charge in [0.2, 0.25) is 0 Å². The lowest BCUT2D eigenvalue weighted by atomic mass is 10.0. The van der Waals surface area contributed by atoms with Crippen molar-refractivity contribution in [1.29, 1.82) is 0 Å². The molecule has 1 aliphatic carbocycles. The van der Waals surface area contributed by atoms with Gasteiger partial charge < -0.3 is 19.8 Å². The van der Waals surface area contributed by atoms with Crippen LogP contribution in [-0.2, 0) is 11.3 Å². The molecule has 8 heteroatoms. The second-order valence-electron chi connectivity index (χ2n) is 10.6. The summed E-state index contributed by atoms with van der Waals surface area (Å²) in [5, 5.41) is 10.4. The number of carbonyl (C=O) groups is 3. The number of hydrogen-bond acceptors (Lipinski definition) is 3. The Morgan fingerprint density at radius 3 is 1.85 bits per heavy atom. The summed E-state index contributed by atoms with van der Waals surface area (Å²) >= 11 is 0. The van der Waals surface area contributed by atoms with Crippen molar-refractivity contribution in [3.8, 4) is 0 Å². The van der Waals surface area contributed by atoms with Crippen LogP contribution in [0.15, 0.2) is 91.0 Å². The third kappa shape index (κ3) is 4.82. The van der Waals surface area contributed by atoms with Crippen molar-refractivity contribution in [1.82, 2.24) is 14.7 Å². The molecule has 8 nitrogen and oxygen atoms in total. The molecule has 3 aliphatic rings. The Balaban J connectivity index is 1.30. The van der Waals surface area contributed by atoms with E-state index in [4.69, 9.17) is 0 Å². The molecule has 3 aromatic carbocycles. The fourth-order valence-corrected chi connectivity index (χ4v) is 6.06. The predicted octanol–water partition coefficient (Wildman–Crippen LogP) is 5.33. The molecule has 200 valence electrons. The predicted molar refractivity (Wildman–Crippen MR) is 148 cm³/mol. The summed E-state index contributed by atoms with van der Waals surface area (Å²) in [7, 11) is 0. The topological polar surface area (TPSA) is 84.4 Å². The summed E-state index contributed by atoms with van der Waals surface area (Å²) in [5.41, 5.74) is 2.37. The maximum absolute atomic E-state index is 14.2. The first-order valence-electron chi connectivity index (χ1n) is 13.6. The molecule has 0 spiro atoms. The number of amides is 4. The van der Waals surface area contributed by atoms with E-state index in [-0.39, 0.29) is 24.7 Å². The Morgan fingerprint density at radius 2 is 1.31 bits per heavy atom. The molecule has 3 aromatic rings. The van der Waals surface area contributed by atoms with Crippen LogP contribution in [0, 0.1) is 0 Å².